The van der Waals surface area contributed by atoms with Crippen LogP contribution in [0, 0.1) is 11.3 Å². The van der Waals surface area contributed by atoms with Crippen molar-refractivity contribution in [3.63, 3.8) is 0 Å². The number of nitriles is 1. The standard InChI is InChI=1S/C12H17ClN2O2/c1-11(2,3)17-10(16)15-8-4-5-12(15,9-14)6-7-13/h4,8H,5-7H2,1-3H3. The number of nitrogens with zero attached hydrogens (tertiary/aromatic N) is 2. The van der Waals surface area contributed by atoms with Crippen LogP contribution in [0.2, 0.25) is 0 Å². The number of amides is 1. The summed E-state index contributed by atoms with van der Waals surface area (Å²) in [5.74, 6) is 0.328. The molecule has 17 heavy (non-hydrogen) atoms. The molecule has 0 spiro atoms. The first-order chi connectivity index (χ1) is 7.84. The minimum atomic E-state index is -0.885. The Hall–Kier alpha value is -1.21. The number of carbonyl (C=O) groups excluding carboxylic acids is 1. The van der Waals surface area contributed by atoms with Crippen LogP contribution in [0.25, 0.3) is 0 Å². The molecule has 0 saturated carbocycles. The van der Waals surface area contributed by atoms with Crippen molar-refractivity contribution in [3.8, 4) is 6.07 Å². The molecule has 0 fully saturated rings. The highest BCUT2D eigenvalue weighted by molar-refractivity contribution is 6.17. The maximum atomic E-state index is 12.0. The van der Waals surface area contributed by atoms with Gasteiger partial charge in [0, 0.05) is 18.5 Å². The Morgan fingerprint density at radius 1 is 1.65 bits per heavy atom. The SMILES string of the molecule is CC(C)(C)OC(=O)N1C=CCC1(C#N)CCCl. The number of halogens is 1. The summed E-state index contributed by atoms with van der Waals surface area (Å²) in [5, 5.41) is 9.27. The van der Waals surface area contributed by atoms with Crippen LogP contribution < -0.4 is 0 Å². The van der Waals surface area contributed by atoms with Gasteiger partial charge in [-0.1, -0.05) is 6.08 Å². The van der Waals surface area contributed by atoms with Crippen molar-refractivity contribution in [1.29, 1.82) is 5.26 Å². The second-order valence-corrected chi connectivity index (χ2v) is 5.40. The van der Waals surface area contributed by atoms with Crippen LogP contribution in [0.3, 0.4) is 0 Å². The molecule has 0 radical (unpaired) electrons. The number of alkyl halides is 1. The predicted octanol–water partition coefficient (Wildman–Crippen LogP) is 3.03. The van der Waals surface area contributed by atoms with E-state index in [1.54, 1.807) is 33.0 Å². The summed E-state index contributed by atoms with van der Waals surface area (Å²) >= 11 is 5.70. The minimum Gasteiger partial charge on any atom is -0.443 e. The van der Waals surface area contributed by atoms with E-state index >= 15 is 0 Å². The summed E-state index contributed by atoms with van der Waals surface area (Å²) in [5.41, 5.74) is -1.46. The lowest BCUT2D eigenvalue weighted by Crippen LogP contribution is -2.47. The fourth-order valence-electron chi connectivity index (χ4n) is 1.68. The Balaban J connectivity index is 2.85. The van der Waals surface area contributed by atoms with E-state index in [2.05, 4.69) is 6.07 Å². The highest BCUT2D eigenvalue weighted by Gasteiger charge is 2.42. The van der Waals surface area contributed by atoms with E-state index < -0.39 is 17.2 Å². The summed E-state index contributed by atoms with van der Waals surface area (Å²) < 4.78 is 5.27. The highest BCUT2D eigenvalue weighted by Crippen LogP contribution is 2.32. The molecule has 5 heteroatoms. The quantitative estimate of drug-likeness (QED) is 0.714. The van der Waals surface area contributed by atoms with Crippen LogP contribution >= 0.6 is 11.6 Å². The van der Waals surface area contributed by atoms with Crippen LogP contribution in [0.5, 0.6) is 0 Å². The Bertz CT molecular complexity index is 368. The maximum Gasteiger partial charge on any atom is 0.415 e. The molecule has 4 nitrogen and oxygen atoms in total. The van der Waals surface area contributed by atoms with Crippen molar-refractivity contribution in [2.24, 2.45) is 0 Å². The molecule has 0 aromatic carbocycles. The van der Waals surface area contributed by atoms with E-state index in [-0.39, 0.29) is 0 Å². The van der Waals surface area contributed by atoms with E-state index in [4.69, 9.17) is 16.3 Å². The minimum absolute atomic E-state index is 0.328. The van der Waals surface area contributed by atoms with E-state index in [1.807, 2.05) is 0 Å². The molecule has 0 bridgehead atoms. The van der Waals surface area contributed by atoms with E-state index in [9.17, 15) is 10.1 Å². The van der Waals surface area contributed by atoms with Gasteiger partial charge in [-0.3, -0.25) is 4.90 Å². The van der Waals surface area contributed by atoms with Crippen LogP contribution in [-0.4, -0.2) is 28.0 Å². The van der Waals surface area contributed by atoms with Crippen LogP contribution in [0.4, 0.5) is 4.79 Å². The average molecular weight is 257 g/mol. The average Bonchev–Trinajstić information content (AvgIpc) is 2.60. The zero-order chi connectivity index (χ0) is 13.1. The van der Waals surface area contributed by atoms with Gasteiger partial charge in [0.2, 0.25) is 0 Å². The number of carbonyl (C=O) groups is 1. The van der Waals surface area contributed by atoms with E-state index in [1.165, 1.54) is 4.90 Å². The van der Waals surface area contributed by atoms with Gasteiger partial charge in [-0.05, 0) is 27.2 Å². The molecule has 1 aliphatic heterocycles. The van der Waals surface area contributed by atoms with Gasteiger partial charge in [0.25, 0.3) is 0 Å². The predicted molar refractivity (Wildman–Crippen MR) is 65.5 cm³/mol. The molecule has 0 N–H and O–H groups in total. The topological polar surface area (TPSA) is 53.3 Å². The summed E-state index contributed by atoms with van der Waals surface area (Å²) in [6.07, 6.45) is 3.81. The number of hydrogen-bond donors (Lipinski definition) is 0. The van der Waals surface area contributed by atoms with E-state index in [0.717, 1.165) is 0 Å². The van der Waals surface area contributed by atoms with Gasteiger partial charge in [0.1, 0.15) is 11.1 Å². The zero-order valence-corrected chi connectivity index (χ0v) is 11.1. The smallest absolute Gasteiger partial charge is 0.415 e. The third kappa shape index (κ3) is 3.13. The molecule has 1 rings (SSSR count). The first-order valence-electron chi connectivity index (χ1n) is 5.51. The van der Waals surface area contributed by atoms with Crippen LogP contribution in [-0.2, 0) is 4.74 Å². The van der Waals surface area contributed by atoms with Gasteiger partial charge in [-0.25, -0.2) is 4.79 Å². The third-order valence-electron chi connectivity index (χ3n) is 2.48. The van der Waals surface area contributed by atoms with Crippen molar-refractivity contribution in [1.82, 2.24) is 4.90 Å². The maximum absolute atomic E-state index is 12.0. The molecule has 1 amide bonds. The van der Waals surface area contributed by atoms with Crippen LogP contribution in [0.1, 0.15) is 33.6 Å². The van der Waals surface area contributed by atoms with Crippen molar-refractivity contribution >= 4 is 17.7 Å². The highest BCUT2D eigenvalue weighted by atomic mass is 35.5. The second-order valence-electron chi connectivity index (χ2n) is 5.02. The molecule has 1 unspecified atom stereocenters. The normalized spacial score (nSPS) is 23.6. The van der Waals surface area contributed by atoms with Gasteiger partial charge < -0.3 is 4.74 Å². The molecule has 0 aromatic rings. The second kappa shape index (κ2) is 4.97. The number of hydrogen-bond acceptors (Lipinski definition) is 3. The fraction of sp³-hybridized carbons (Fsp3) is 0.667. The molecule has 94 valence electrons. The first-order valence-corrected chi connectivity index (χ1v) is 6.04. The number of ether oxygens (including phenoxy) is 1. The molecule has 1 atom stereocenters. The van der Waals surface area contributed by atoms with Gasteiger partial charge in [-0.2, -0.15) is 5.26 Å². The molecular weight excluding hydrogens is 240 g/mol. The molecule has 0 saturated heterocycles. The third-order valence-corrected chi connectivity index (χ3v) is 2.67. The Morgan fingerprint density at radius 3 is 2.76 bits per heavy atom. The Labute approximate surface area is 107 Å². The van der Waals surface area contributed by atoms with Crippen molar-refractivity contribution in [2.75, 3.05) is 5.88 Å². The van der Waals surface area contributed by atoms with Gasteiger partial charge in [-0.15, -0.1) is 11.6 Å². The van der Waals surface area contributed by atoms with Crippen molar-refractivity contribution in [3.05, 3.63) is 12.3 Å². The summed E-state index contributed by atoms with van der Waals surface area (Å²) in [7, 11) is 0. The lowest BCUT2D eigenvalue weighted by atomic mass is 9.95. The van der Waals surface area contributed by atoms with Gasteiger partial charge >= 0.3 is 6.09 Å². The molecule has 0 aromatic heterocycles. The summed E-state index contributed by atoms with van der Waals surface area (Å²) in [6.45, 7) is 5.38. The zero-order valence-electron chi connectivity index (χ0n) is 10.4. The lowest BCUT2D eigenvalue weighted by molar-refractivity contribution is 0.0222. The Kier molecular flexibility index (Phi) is 4.05. The monoisotopic (exact) mass is 256 g/mol. The molecule has 0 aliphatic carbocycles. The Morgan fingerprint density at radius 2 is 2.29 bits per heavy atom. The van der Waals surface area contributed by atoms with Crippen LogP contribution in [0.15, 0.2) is 12.3 Å². The molecule has 1 heterocycles. The molecule has 1 aliphatic rings. The number of rotatable bonds is 2. The van der Waals surface area contributed by atoms with Crippen molar-refractivity contribution < 1.29 is 9.53 Å². The molecular formula is C12H17ClN2O2. The van der Waals surface area contributed by atoms with Crippen molar-refractivity contribution in [2.45, 2.75) is 44.8 Å². The largest absolute Gasteiger partial charge is 0.443 e. The summed E-state index contributed by atoms with van der Waals surface area (Å²) in [4.78, 5) is 13.3. The first kappa shape index (κ1) is 13.9. The fourth-order valence-corrected chi connectivity index (χ4v) is 1.99. The van der Waals surface area contributed by atoms with E-state index in [0.29, 0.717) is 18.7 Å². The lowest BCUT2D eigenvalue weighted by Gasteiger charge is -2.33. The van der Waals surface area contributed by atoms with Gasteiger partial charge in [0.05, 0.1) is 6.07 Å². The van der Waals surface area contributed by atoms with Gasteiger partial charge in [0.15, 0.2) is 0 Å². The summed E-state index contributed by atoms with van der Waals surface area (Å²) in [6, 6.07) is 2.17.